The maximum absolute atomic E-state index is 13.5. The van der Waals surface area contributed by atoms with Crippen molar-refractivity contribution in [3.05, 3.63) is 51.7 Å². The van der Waals surface area contributed by atoms with E-state index in [-0.39, 0.29) is 29.8 Å². The van der Waals surface area contributed by atoms with Crippen LogP contribution in [-0.4, -0.2) is 33.4 Å². The smallest absolute Gasteiger partial charge is 0.255 e. The van der Waals surface area contributed by atoms with Crippen molar-refractivity contribution in [3.63, 3.8) is 0 Å². The monoisotopic (exact) mass is 374 g/mol. The Kier molecular flexibility index (Phi) is 7.10. The Morgan fingerprint density at radius 2 is 2.00 bits per heavy atom. The summed E-state index contributed by atoms with van der Waals surface area (Å²) in [5.74, 6) is -0.164. The van der Waals surface area contributed by atoms with E-state index >= 15 is 0 Å². The minimum atomic E-state index is -0.306. The Morgan fingerprint density at radius 1 is 1.26 bits per heavy atom. The lowest BCUT2D eigenvalue weighted by Gasteiger charge is -2.22. The summed E-state index contributed by atoms with van der Waals surface area (Å²) in [5.41, 5.74) is 1.33. The van der Waals surface area contributed by atoms with Crippen LogP contribution in [0.2, 0.25) is 0 Å². The second-order valence-corrected chi connectivity index (χ2v) is 6.56. The van der Waals surface area contributed by atoms with Crippen molar-refractivity contribution in [3.8, 4) is 0 Å². The maximum atomic E-state index is 13.5. The molecule has 1 heterocycles. The molecule has 1 amide bonds. The molecule has 27 heavy (non-hydrogen) atoms. The normalized spacial score (nSPS) is 10.7. The molecule has 1 N–H and O–H groups in total. The fourth-order valence-electron chi connectivity index (χ4n) is 2.76. The number of rotatable bonds is 8. The molecule has 6 nitrogen and oxygen atoms in total. The first-order valence-electron chi connectivity index (χ1n) is 9.25. The molecule has 0 unspecified atom stereocenters. The van der Waals surface area contributed by atoms with Gasteiger partial charge in [0.15, 0.2) is 0 Å². The minimum absolute atomic E-state index is 0.0911. The number of unbranched alkanes of at least 4 members (excludes halogenated alkanes) is 1. The van der Waals surface area contributed by atoms with Crippen LogP contribution in [0.3, 0.4) is 0 Å². The molecule has 0 aliphatic heterocycles. The molecular formula is C20H27FN4O2. The van der Waals surface area contributed by atoms with Crippen molar-refractivity contribution < 1.29 is 9.18 Å². The van der Waals surface area contributed by atoms with E-state index in [0.29, 0.717) is 30.0 Å². The standard InChI is InChI=1S/C20H27FN4O2/c1-5-7-10-24(6-2)19(27)13-25-18(26)12-15(4)22-20(25)23-16-8-9-17(21)14(3)11-16/h8-9,11-12H,5-7,10,13H2,1-4H3,(H,22,23). The largest absolute Gasteiger partial charge is 0.341 e. The third-order valence-electron chi connectivity index (χ3n) is 4.36. The average Bonchev–Trinajstić information content (AvgIpc) is 2.61. The number of hydrogen-bond acceptors (Lipinski definition) is 4. The second-order valence-electron chi connectivity index (χ2n) is 6.56. The molecule has 0 aliphatic carbocycles. The van der Waals surface area contributed by atoms with Crippen molar-refractivity contribution in [2.45, 2.75) is 47.1 Å². The van der Waals surface area contributed by atoms with Crippen LogP contribution in [0.25, 0.3) is 0 Å². The summed E-state index contributed by atoms with van der Waals surface area (Å²) in [4.78, 5) is 31.2. The molecule has 2 rings (SSSR count). The Hall–Kier alpha value is -2.70. The Labute approximate surface area is 159 Å². The molecule has 0 saturated heterocycles. The zero-order valence-corrected chi connectivity index (χ0v) is 16.4. The highest BCUT2D eigenvalue weighted by Gasteiger charge is 2.16. The van der Waals surface area contributed by atoms with Gasteiger partial charge in [0.1, 0.15) is 12.4 Å². The number of aromatic nitrogens is 2. The van der Waals surface area contributed by atoms with E-state index in [1.807, 2.05) is 6.92 Å². The SMILES string of the molecule is CCCCN(CC)C(=O)Cn1c(Nc2ccc(F)c(C)c2)nc(C)cc1=O. The van der Waals surface area contributed by atoms with Gasteiger partial charge >= 0.3 is 0 Å². The van der Waals surface area contributed by atoms with Gasteiger partial charge in [0, 0.05) is 30.5 Å². The van der Waals surface area contributed by atoms with Crippen molar-refractivity contribution >= 4 is 17.5 Å². The van der Waals surface area contributed by atoms with Gasteiger partial charge in [-0.1, -0.05) is 13.3 Å². The molecule has 146 valence electrons. The molecule has 1 aromatic carbocycles. The molecule has 7 heteroatoms. The lowest BCUT2D eigenvalue weighted by Crippen LogP contribution is -2.37. The summed E-state index contributed by atoms with van der Waals surface area (Å²) < 4.78 is 14.8. The fraction of sp³-hybridized carbons (Fsp3) is 0.450. The van der Waals surface area contributed by atoms with Gasteiger partial charge in [-0.15, -0.1) is 0 Å². The lowest BCUT2D eigenvalue weighted by molar-refractivity contribution is -0.131. The van der Waals surface area contributed by atoms with E-state index in [1.54, 1.807) is 30.9 Å². The van der Waals surface area contributed by atoms with E-state index < -0.39 is 0 Å². The first-order chi connectivity index (χ1) is 12.8. The highest BCUT2D eigenvalue weighted by Crippen LogP contribution is 2.18. The molecule has 0 aliphatic rings. The number of halogens is 1. The molecule has 0 spiro atoms. The third-order valence-corrected chi connectivity index (χ3v) is 4.36. The minimum Gasteiger partial charge on any atom is -0.341 e. The Morgan fingerprint density at radius 3 is 2.63 bits per heavy atom. The van der Waals surface area contributed by atoms with Crippen LogP contribution in [-0.2, 0) is 11.3 Å². The second kappa shape index (κ2) is 9.30. The van der Waals surface area contributed by atoms with Gasteiger partial charge in [-0.2, -0.15) is 0 Å². The molecule has 0 bridgehead atoms. The molecule has 2 aromatic rings. The maximum Gasteiger partial charge on any atom is 0.255 e. The third kappa shape index (κ3) is 5.39. The number of likely N-dealkylation sites (N-methyl/N-ethyl adjacent to an activating group) is 1. The van der Waals surface area contributed by atoms with Crippen LogP contribution < -0.4 is 10.9 Å². The Bertz CT molecular complexity index is 864. The fourth-order valence-corrected chi connectivity index (χ4v) is 2.76. The van der Waals surface area contributed by atoms with E-state index in [2.05, 4.69) is 17.2 Å². The number of aryl methyl sites for hydroxylation is 2. The molecule has 0 radical (unpaired) electrons. The van der Waals surface area contributed by atoms with Crippen LogP contribution in [0.5, 0.6) is 0 Å². The first kappa shape index (κ1) is 20.6. The number of carbonyl (C=O) groups excluding carboxylic acids is 1. The molecular weight excluding hydrogens is 347 g/mol. The van der Waals surface area contributed by atoms with E-state index in [4.69, 9.17) is 0 Å². The summed E-state index contributed by atoms with van der Waals surface area (Å²) in [6, 6.07) is 5.96. The van der Waals surface area contributed by atoms with Crippen LogP contribution >= 0.6 is 0 Å². The molecule has 0 saturated carbocycles. The zero-order chi connectivity index (χ0) is 20.0. The number of benzene rings is 1. The van der Waals surface area contributed by atoms with Crippen LogP contribution in [0, 0.1) is 19.7 Å². The first-order valence-corrected chi connectivity index (χ1v) is 9.25. The molecule has 0 fully saturated rings. The van der Waals surface area contributed by atoms with Crippen LogP contribution in [0.15, 0.2) is 29.1 Å². The van der Waals surface area contributed by atoms with Gasteiger partial charge in [-0.05, 0) is 51.0 Å². The predicted molar refractivity (Wildman–Crippen MR) is 105 cm³/mol. The van der Waals surface area contributed by atoms with E-state index in [1.165, 1.54) is 16.7 Å². The number of anilines is 2. The van der Waals surface area contributed by atoms with Gasteiger partial charge in [0.25, 0.3) is 5.56 Å². The average molecular weight is 374 g/mol. The predicted octanol–water partition coefficient (Wildman–Crippen LogP) is 3.39. The Balaban J connectivity index is 2.31. The number of carbonyl (C=O) groups is 1. The summed E-state index contributed by atoms with van der Waals surface area (Å²) in [5, 5.41) is 3.04. The van der Waals surface area contributed by atoms with Crippen molar-refractivity contribution in [2.75, 3.05) is 18.4 Å². The summed E-state index contributed by atoms with van der Waals surface area (Å²) in [7, 11) is 0. The topological polar surface area (TPSA) is 67.2 Å². The number of amides is 1. The van der Waals surface area contributed by atoms with Gasteiger partial charge in [0.05, 0.1) is 0 Å². The van der Waals surface area contributed by atoms with Gasteiger partial charge < -0.3 is 10.2 Å². The number of hydrogen-bond donors (Lipinski definition) is 1. The number of nitrogens with zero attached hydrogens (tertiary/aromatic N) is 3. The van der Waals surface area contributed by atoms with Crippen molar-refractivity contribution in [2.24, 2.45) is 0 Å². The van der Waals surface area contributed by atoms with Gasteiger partial charge in [-0.3, -0.25) is 14.2 Å². The van der Waals surface area contributed by atoms with E-state index in [9.17, 15) is 14.0 Å². The molecule has 0 atom stereocenters. The van der Waals surface area contributed by atoms with Gasteiger partial charge in [0.2, 0.25) is 11.9 Å². The van der Waals surface area contributed by atoms with Crippen molar-refractivity contribution in [1.29, 1.82) is 0 Å². The lowest BCUT2D eigenvalue weighted by atomic mass is 10.2. The van der Waals surface area contributed by atoms with Crippen LogP contribution in [0.4, 0.5) is 16.0 Å². The number of nitrogens with one attached hydrogen (secondary N) is 1. The zero-order valence-electron chi connectivity index (χ0n) is 16.4. The summed E-state index contributed by atoms with van der Waals surface area (Å²) >= 11 is 0. The quantitative estimate of drug-likeness (QED) is 0.769. The highest BCUT2D eigenvalue weighted by molar-refractivity contribution is 5.76. The van der Waals surface area contributed by atoms with E-state index in [0.717, 1.165) is 12.8 Å². The van der Waals surface area contributed by atoms with Gasteiger partial charge in [-0.25, -0.2) is 9.37 Å². The van der Waals surface area contributed by atoms with Crippen LogP contribution in [0.1, 0.15) is 37.9 Å². The highest BCUT2D eigenvalue weighted by atomic mass is 19.1. The summed E-state index contributed by atoms with van der Waals surface area (Å²) in [6.07, 6.45) is 1.91. The summed E-state index contributed by atoms with van der Waals surface area (Å²) in [6.45, 7) is 8.53. The van der Waals surface area contributed by atoms with Crippen molar-refractivity contribution in [1.82, 2.24) is 14.5 Å². The molecule has 1 aromatic heterocycles.